The lowest BCUT2D eigenvalue weighted by Crippen LogP contribution is -2.01. The van der Waals surface area contributed by atoms with E-state index in [4.69, 9.17) is 5.11 Å². The van der Waals surface area contributed by atoms with E-state index in [9.17, 15) is 13.2 Å². The third-order valence-electron chi connectivity index (χ3n) is 1.97. The van der Waals surface area contributed by atoms with Gasteiger partial charge < -0.3 is 5.11 Å². The number of carbonyl (C=O) groups is 1. The minimum atomic E-state index is -3.19. The molecule has 0 aliphatic carbocycles. The summed E-state index contributed by atoms with van der Waals surface area (Å²) >= 11 is 1.30. The number of carboxylic acids is 1. The zero-order valence-corrected chi connectivity index (χ0v) is 10.8. The maximum atomic E-state index is 11.2. The van der Waals surface area contributed by atoms with Gasteiger partial charge in [-0.1, -0.05) is 6.58 Å². The Morgan fingerprint density at radius 2 is 1.88 bits per heavy atom. The molecule has 0 aromatic heterocycles. The fraction of sp³-hybridized carbons (Fsp3) is 0.182. The van der Waals surface area contributed by atoms with Crippen molar-refractivity contribution in [2.45, 2.75) is 9.79 Å². The monoisotopic (exact) mass is 272 g/mol. The van der Waals surface area contributed by atoms with Crippen LogP contribution in [-0.2, 0) is 14.6 Å². The number of benzene rings is 1. The smallest absolute Gasteiger partial charge is 0.331 e. The van der Waals surface area contributed by atoms with Gasteiger partial charge in [0.15, 0.2) is 9.84 Å². The van der Waals surface area contributed by atoms with Crippen LogP contribution in [0.25, 0.3) is 0 Å². The summed E-state index contributed by atoms with van der Waals surface area (Å²) in [5.41, 5.74) is 0.113. The molecule has 92 valence electrons. The van der Waals surface area contributed by atoms with Crippen LogP contribution >= 0.6 is 11.8 Å². The Labute approximate surface area is 104 Å². The first-order valence-electron chi connectivity index (χ1n) is 4.64. The average molecular weight is 272 g/mol. The number of hydrogen-bond donors (Lipinski definition) is 1. The highest BCUT2D eigenvalue weighted by atomic mass is 32.2. The van der Waals surface area contributed by atoms with Gasteiger partial charge in [0.25, 0.3) is 0 Å². The molecule has 0 bridgehead atoms. The number of thioether (sulfide) groups is 1. The van der Waals surface area contributed by atoms with Crippen LogP contribution in [0, 0.1) is 0 Å². The molecular formula is C11H12O4S2. The van der Waals surface area contributed by atoms with Crippen molar-refractivity contribution in [3.05, 3.63) is 36.4 Å². The van der Waals surface area contributed by atoms with Crippen molar-refractivity contribution < 1.29 is 18.3 Å². The minimum absolute atomic E-state index is 0.113. The van der Waals surface area contributed by atoms with Crippen LogP contribution < -0.4 is 0 Å². The van der Waals surface area contributed by atoms with Gasteiger partial charge in [0.2, 0.25) is 0 Å². The second-order valence-corrected chi connectivity index (χ2v) is 6.51. The quantitative estimate of drug-likeness (QED) is 0.654. The van der Waals surface area contributed by atoms with E-state index in [1.54, 1.807) is 12.1 Å². The molecule has 1 N–H and O–H groups in total. The summed E-state index contributed by atoms with van der Waals surface area (Å²) in [5, 5.41) is 8.62. The number of rotatable bonds is 5. The maximum Gasteiger partial charge on any atom is 0.331 e. The Balaban J connectivity index is 2.70. The Morgan fingerprint density at radius 1 is 1.35 bits per heavy atom. The second-order valence-electron chi connectivity index (χ2n) is 3.44. The SMILES string of the molecule is C=C(CSc1ccc(S(C)(=O)=O)cc1)C(=O)O. The molecular weight excluding hydrogens is 260 g/mol. The van der Waals surface area contributed by atoms with E-state index < -0.39 is 15.8 Å². The first kappa shape index (κ1) is 13.8. The Kier molecular flexibility index (Phi) is 4.36. The highest BCUT2D eigenvalue weighted by Gasteiger charge is 2.07. The van der Waals surface area contributed by atoms with Gasteiger partial charge in [-0.15, -0.1) is 11.8 Å². The Bertz CT molecular complexity index is 529. The predicted molar refractivity (Wildman–Crippen MR) is 67.1 cm³/mol. The normalized spacial score (nSPS) is 11.1. The fourth-order valence-electron chi connectivity index (χ4n) is 1.02. The largest absolute Gasteiger partial charge is 0.478 e. The van der Waals surface area contributed by atoms with E-state index in [1.165, 1.54) is 23.9 Å². The lowest BCUT2D eigenvalue weighted by atomic mass is 10.4. The molecule has 0 heterocycles. The van der Waals surface area contributed by atoms with E-state index in [0.29, 0.717) is 0 Å². The lowest BCUT2D eigenvalue weighted by Gasteiger charge is -2.03. The van der Waals surface area contributed by atoms with E-state index in [2.05, 4.69) is 6.58 Å². The molecule has 0 aliphatic heterocycles. The van der Waals surface area contributed by atoms with Gasteiger partial charge in [-0.25, -0.2) is 13.2 Å². The number of carboxylic acid groups (broad SMARTS) is 1. The average Bonchev–Trinajstić information content (AvgIpc) is 2.25. The van der Waals surface area contributed by atoms with Gasteiger partial charge in [-0.2, -0.15) is 0 Å². The summed E-state index contributed by atoms with van der Waals surface area (Å²) in [6.07, 6.45) is 1.14. The zero-order valence-electron chi connectivity index (χ0n) is 9.21. The van der Waals surface area contributed by atoms with Gasteiger partial charge >= 0.3 is 5.97 Å². The van der Waals surface area contributed by atoms with Crippen molar-refractivity contribution in [1.82, 2.24) is 0 Å². The van der Waals surface area contributed by atoms with Crippen molar-refractivity contribution in [1.29, 1.82) is 0 Å². The fourth-order valence-corrected chi connectivity index (χ4v) is 2.44. The molecule has 0 saturated heterocycles. The summed E-state index contributed by atoms with van der Waals surface area (Å²) in [4.78, 5) is 11.6. The van der Waals surface area contributed by atoms with Gasteiger partial charge in [0, 0.05) is 22.5 Å². The Hall–Kier alpha value is -1.27. The molecule has 1 aromatic rings. The zero-order chi connectivity index (χ0) is 13.1. The third-order valence-corrected chi connectivity index (χ3v) is 4.19. The molecule has 1 rings (SSSR count). The molecule has 0 radical (unpaired) electrons. The molecule has 6 heteroatoms. The summed E-state index contributed by atoms with van der Waals surface area (Å²) in [6.45, 7) is 3.41. The molecule has 0 aliphatic rings. The van der Waals surface area contributed by atoms with Crippen LogP contribution in [0.1, 0.15) is 0 Å². The molecule has 0 saturated carbocycles. The van der Waals surface area contributed by atoms with Crippen LogP contribution in [-0.4, -0.2) is 31.5 Å². The molecule has 17 heavy (non-hydrogen) atoms. The summed E-state index contributed by atoms with van der Waals surface area (Å²) < 4.78 is 22.4. The summed E-state index contributed by atoms with van der Waals surface area (Å²) in [6, 6.07) is 6.30. The first-order valence-corrected chi connectivity index (χ1v) is 7.52. The van der Waals surface area contributed by atoms with Crippen molar-refractivity contribution >= 4 is 27.6 Å². The molecule has 4 nitrogen and oxygen atoms in total. The summed E-state index contributed by atoms with van der Waals surface area (Å²) in [5.74, 6) is -0.752. The molecule has 0 spiro atoms. The van der Waals surface area contributed by atoms with E-state index in [-0.39, 0.29) is 16.2 Å². The second kappa shape index (κ2) is 5.37. The molecule has 0 amide bonds. The Morgan fingerprint density at radius 3 is 2.29 bits per heavy atom. The van der Waals surface area contributed by atoms with Gasteiger partial charge in [-0.3, -0.25) is 0 Å². The van der Waals surface area contributed by atoms with Gasteiger partial charge in [-0.05, 0) is 24.3 Å². The maximum absolute atomic E-state index is 11.2. The molecule has 0 fully saturated rings. The van der Waals surface area contributed by atoms with Crippen molar-refractivity contribution in [3.63, 3.8) is 0 Å². The van der Waals surface area contributed by atoms with E-state index in [1.807, 2.05) is 0 Å². The lowest BCUT2D eigenvalue weighted by molar-refractivity contribution is -0.132. The molecule has 1 aromatic carbocycles. The van der Waals surface area contributed by atoms with Crippen LogP contribution in [0.5, 0.6) is 0 Å². The highest BCUT2D eigenvalue weighted by Crippen LogP contribution is 2.21. The molecule has 0 atom stereocenters. The van der Waals surface area contributed by atoms with Crippen LogP contribution in [0.3, 0.4) is 0 Å². The van der Waals surface area contributed by atoms with Crippen LogP contribution in [0.2, 0.25) is 0 Å². The highest BCUT2D eigenvalue weighted by molar-refractivity contribution is 7.99. The first-order chi connectivity index (χ1) is 7.80. The van der Waals surface area contributed by atoms with Crippen molar-refractivity contribution in [3.8, 4) is 0 Å². The summed E-state index contributed by atoms with van der Waals surface area (Å²) in [7, 11) is -3.19. The molecule has 0 unspecified atom stereocenters. The predicted octanol–water partition coefficient (Wildman–Crippen LogP) is 1.82. The number of hydrogen-bond acceptors (Lipinski definition) is 4. The number of sulfone groups is 1. The third kappa shape index (κ3) is 4.24. The standard InChI is InChI=1S/C11H12O4S2/c1-8(11(12)13)7-16-9-3-5-10(6-4-9)17(2,14)15/h3-6H,1,7H2,2H3,(H,12,13). The van der Waals surface area contributed by atoms with Gasteiger partial charge in [0.05, 0.1) is 4.90 Å². The van der Waals surface area contributed by atoms with Crippen LogP contribution in [0.4, 0.5) is 0 Å². The van der Waals surface area contributed by atoms with Gasteiger partial charge in [0.1, 0.15) is 0 Å². The van der Waals surface area contributed by atoms with E-state index >= 15 is 0 Å². The minimum Gasteiger partial charge on any atom is -0.478 e. The topological polar surface area (TPSA) is 71.4 Å². The van der Waals surface area contributed by atoms with Crippen molar-refractivity contribution in [2.24, 2.45) is 0 Å². The van der Waals surface area contributed by atoms with Crippen LogP contribution in [0.15, 0.2) is 46.2 Å². The van der Waals surface area contributed by atoms with E-state index in [0.717, 1.165) is 11.2 Å². The number of aliphatic carboxylic acids is 1. The van der Waals surface area contributed by atoms with Crippen molar-refractivity contribution in [2.75, 3.05) is 12.0 Å².